The first-order valence-corrected chi connectivity index (χ1v) is 11.9. The number of carbonyl (C=O) groups is 2. The summed E-state index contributed by atoms with van der Waals surface area (Å²) in [5.74, 6) is 0.266. The maximum absolute atomic E-state index is 12.7. The molecule has 4 rings (SSSR count). The van der Waals surface area contributed by atoms with E-state index in [4.69, 9.17) is 9.90 Å². The summed E-state index contributed by atoms with van der Waals surface area (Å²) in [4.78, 5) is 22.8. The molecule has 31 heavy (non-hydrogen) atoms. The first kappa shape index (κ1) is 22.8. The maximum Gasteiger partial charge on any atom is 0.317 e. The van der Waals surface area contributed by atoms with Crippen LogP contribution < -0.4 is 5.32 Å². The monoisotopic (exact) mass is 445 g/mol. The second-order valence-corrected chi connectivity index (χ2v) is 9.70. The Hall–Kier alpha value is -2.91. The zero-order valence-corrected chi connectivity index (χ0v) is 18.1. The van der Waals surface area contributed by atoms with Gasteiger partial charge in [0.1, 0.15) is 0 Å². The van der Waals surface area contributed by atoms with Crippen molar-refractivity contribution in [3.05, 3.63) is 71.8 Å². The van der Waals surface area contributed by atoms with Crippen molar-refractivity contribution >= 4 is 22.5 Å². The molecule has 2 fully saturated rings. The average molecular weight is 446 g/mol. The number of carboxylic acid groups (broad SMARTS) is 1. The van der Waals surface area contributed by atoms with Crippen molar-refractivity contribution in [1.82, 2.24) is 14.5 Å². The molecular weight excluding hydrogens is 418 g/mol. The molecule has 0 bridgehead atoms. The molecule has 0 radical (unpaired) electrons. The lowest BCUT2D eigenvalue weighted by Crippen LogP contribution is -2.41. The van der Waals surface area contributed by atoms with E-state index in [2.05, 4.69) is 5.32 Å². The molecule has 0 unspecified atom stereocenters. The molecule has 2 N–H and O–H groups in total. The summed E-state index contributed by atoms with van der Waals surface area (Å²) in [6, 6.07) is 19.3. The number of urea groups is 1. The number of benzene rings is 2. The minimum Gasteiger partial charge on any atom is -0.483 e. The number of fused-ring (bicyclic) bond motifs is 1. The highest BCUT2D eigenvalue weighted by molar-refractivity contribution is 7.88. The van der Waals surface area contributed by atoms with E-state index in [1.165, 1.54) is 6.26 Å². The Kier molecular flexibility index (Phi) is 7.29. The zero-order chi connectivity index (χ0) is 22.4. The molecule has 0 saturated carbocycles. The summed E-state index contributed by atoms with van der Waals surface area (Å²) in [6.07, 6.45) is 1.27. The first-order valence-electron chi connectivity index (χ1n) is 10.0. The van der Waals surface area contributed by atoms with Gasteiger partial charge in [-0.1, -0.05) is 60.7 Å². The molecule has 2 aromatic carbocycles. The quantitative estimate of drug-likeness (QED) is 0.702. The Bertz CT molecular complexity index is 985. The third kappa shape index (κ3) is 5.42. The molecule has 2 aliphatic rings. The third-order valence-electron chi connectivity index (χ3n) is 5.76. The minimum absolute atomic E-state index is 0.0871. The number of sulfonamides is 1. The normalized spacial score (nSPS) is 22.9. The van der Waals surface area contributed by atoms with Crippen LogP contribution in [0.5, 0.6) is 0 Å². The molecule has 2 amide bonds. The van der Waals surface area contributed by atoms with Crippen LogP contribution in [0.1, 0.15) is 17.2 Å². The van der Waals surface area contributed by atoms with Gasteiger partial charge in [-0.25, -0.2) is 13.2 Å². The van der Waals surface area contributed by atoms with Crippen LogP contribution in [0.2, 0.25) is 0 Å². The fourth-order valence-corrected chi connectivity index (χ4v) is 5.61. The molecule has 0 aromatic heterocycles. The second-order valence-electron chi connectivity index (χ2n) is 7.77. The van der Waals surface area contributed by atoms with Crippen molar-refractivity contribution in [2.45, 2.75) is 12.6 Å². The molecule has 2 saturated heterocycles. The van der Waals surface area contributed by atoms with Crippen LogP contribution in [0.25, 0.3) is 0 Å². The highest BCUT2D eigenvalue weighted by atomic mass is 32.2. The van der Waals surface area contributed by atoms with E-state index < -0.39 is 10.0 Å². The van der Waals surface area contributed by atoms with Gasteiger partial charge in [0, 0.05) is 32.1 Å². The molecular formula is C22H27N3O5S. The van der Waals surface area contributed by atoms with E-state index in [1.807, 2.05) is 65.6 Å². The van der Waals surface area contributed by atoms with Gasteiger partial charge < -0.3 is 15.3 Å². The third-order valence-corrected chi connectivity index (χ3v) is 6.99. The Morgan fingerprint density at radius 3 is 2.23 bits per heavy atom. The van der Waals surface area contributed by atoms with Gasteiger partial charge >= 0.3 is 6.03 Å². The summed E-state index contributed by atoms with van der Waals surface area (Å²) in [7, 11) is -3.31. The highest BCUT2D eigenvalue weighted by Crippen LogP contribution is 2.46. The van der Waals surface area contributed by atoms with Gasteiger partial charge in [-0.05, 0) is 17.0 Å². The van der Waals surface area contributed by atoms with Crippen LogP contribution in [0.3, 0.4) is 0 Å². The zero-order valence-electron chi connectivity index (χ0n) is 17.3. The molecule has 2 aromatic rings. The average Bonchev–Trinajstić information content (AvgIpc) is 3.32. The SMILES string of the molecule is CS(=O)(=O)N1C[C@H]2CN(C(=O)NCc3ccccc3)C[C@H]2[C@@H]1c1ccccc1.O=CO. The molecule has 2 aliphatic heterocycles. The lowest BCUT2D eigenvalue weighted by molar-refractivity contribution is -0.122. The van der Waals surface area contributed by atoms with Gasteiger partial charge in [-0.15, -0.1) is 0 Å². The van der Waals surface area contributed by atoms with Gasteiger partial charge in [-0.2, -0.15) is 4.31 Å². The number of rotatable bonds is 4. The summed E-state index contributed by atoms with van der Waals surface area (Å²) in [5.41, 5.74) is 2.05. The Morgan fingerprint density at radius 2 is 1.65 bits per heavy atom. The van der Waals surface area contributed by atoms with Gasteiger partial charge in [0.2, 0.25) is 10.0 Å². The number of carbonyl (C=O) groups excluding carboxylic acids is 1. The topological polar surface area (TPSA) is 107 Å². The van der Waals surface area contributed by atoms with Crippen LogP contribution in [0.15, 0.2) is 60.7 Å². The number of nitrogens with zero attached hydrogens (tertiary/aromatic N) is 2. The van der Waals surface area contributed by atoms with Crippen LogP contribution in [0, 0.1) is 11.8 Å². The van der Waals surface area contributed by atoms with Crippen LogP contribution in [-0.4, -0.2) is 61.1 Å². The largest absolute Gasteiger partial charge is 0.483 e. The summed E-state index contributed by atoms with van der Waals surface area (Å²) >= 11 is 0. The van der Waals surface area contributed by atoms with E-state index in [9.17, 15) is 13.2 Å². The standard InChI is InChI=1S/C21H25N3O3S.CH2O2/c1-28(26,27)24-14-18-13-23(21(25)22-12-16-8-4-2-5-9-16)15-19(18)20(24)17-10-6-3-7-11-17;2-1-3/h2-11,18-20H,12-15H2,1H3,(H,22,25);1H,(H,2,3)/t18-,19-,20+;/m1./s1. The number of amides is 2. The van der Waals surface area contributed by atoms with Gasteiger partial charge in [0.05, 0.1) is 12.3 Å². The Morgan fingerprint density at radius 1 is 1.06 bits per heavy atom. The fourth-order valence-electron chi connectivity index (χ4n) is 4.46. The molecule has 3 atom stereocenters. The summed E-state index contributed by atoms with van der Waals surface area (Å²) < 4.78 is 26.3. The molecule has 8 nitrogen and oxygen atoms in total. The number of likely N-dealkylation sites (tertiary alicyclic amines) is 1. The smallest absolute Gasteiger partial charge is 0.317 e. The van der Waals surface area contributed by atoms with Crippen molar-refractivity contribution in [2.75, 3.05) is 25.9 Å². The minimum atomic E-state index is -3.31. The number of nitrogens with one attached hydrogen (secondary N) is 1. The van der Waals surface area contributed by atoms with Crippen molar-refractivity contribution in [3.63, 3.8) is 0 Å². The lowest BCUT2D eigenvalue weighted by Gasteiger charge is -2.28. The predicted molar refractivity (Wildman–Crippen MR) is 117 cm³/mol. The molecule has 0 aliphatic carbocycles. The fraction of sp³-hybridized carbons (Fsp3) is 0.364. The van der Waals surface area contributed by atoms with Crippen LogP contribution in [0.4, 0.5) is 4.79 Å². The van der Waals surface area contributed by atoms with Crippen LogP contribution >= 0.6 is 0 Å². The number of hydrogen-bond donors (Lipinski definition) is 2. The summed E-state index contributed by atoms with van der Waals surface area (Å²) in [6.45, 7) is 1.85. The van der Waals surface area contributed by atoms with Crippen molar-refractivity contribution in [2.24, 2.45) is 11.8 Å². The van der Waals surface area contributed by atoms with E-state index in [0.717, 1.165) is 11.1 Å². The second kappa shape index (κ2) is 9.93. The van der Waals surface area contributed by atoms with E-state index in [-0.39, 0.29) is 30.4 Å². The predicted octanol–water partition coefficient (Wildman–Crippen LogP) is 2.16. The maximum atomic E-state index is 12.7. The lowest BCUT2D eigenvalue weighted by atomic mass is 9.90. The van der Waals surface area contributed by atoms with Crippen molar-refractivity contribution < 1.29 is 23.1 Å². The van der Waals surface area contributed by atoms with E-state index in [1.54, 1.807) is 4.31 Å². The molecule has 9 heteroatoms. The summed E-state index contributed by atoms with van der Waals surface area (Å²) in [5, 5.41) is 9.87. The Labute approximate surface area is 182 Å². The van der Waals surface area contributed by atoms with Gasteiger partial charge in [0.25, 0.3) is 6.47 Å². The first-order chi connectivity index (χ1) is 14.8. The van der Waals surface area contributed by atoms with Crippen molar-refractivity contribution in [3.8, 4) is 0 Å². The van der Waals surface area contributed by atoms with Crippen molar-refractivity contribution in [1.29, 1.82) is 0 Å². The molecule has 2 heterocycles. The van der Waals surface area contributed by atoms with E-state index in [0.29, 0.717) is 26.2 Å². The van der Waals surface area contributed by atoms with Gasteiger partial charge in [-0.3, -0.25) is 4.79 Å². The Balaban J connectivity index is 0.000000858. The van der Waals surface area contributed by atoms with Crippen LogP contribution in [-0.2, 0) is 21.4 Å². The molecule has 0 spiro atoms. The number of hydrogen-bond acceptors (Lipinski definition) is 4. The van der Waals surface area contributed by atoms with E-state index >= 15 is 0 Å². The van der Waals surface area contributed by atoms with Gasteiger partial charge in [0.15, 0.2) is 0 Å². The molecule has 166 valence electrons. The highest BCUT2D eigenvalue weighted by Gasteiger charge is 2.51.